The zero-order valence-corrected chi connectivity index (χ0v) is 15.6. The first-order valence-electron chi connectivity index (χ1n) is 7.33. The van der Waals surface area contributed by atoms with Crippen molar-refractivity contribution in [1.82, 2.24) is 14.8 Å². The summed E-state index contributed by atoms with van der Waals surface area (Å²) in [5, 5.41) is 8.03. The minimum absolute atomic E-state index is 0.0147. The van der Waals surface area contributed by atoms with Crippen LogP contribution in [0, 0.1) is 13.8 Å². The lowest BCUT2D eigenvalue weighted by atomic mass is 10.2. The fourth-order valence-electron chi connectivity index (χ4n) is 2.64. The summed E-state index contributed by atoms with van der Waals surface area (Å²) in [6.45, 7) is 3.44. The predicted molar refractivity (Wildman–Crippen MR) is 93.2 cm³/mol. The largest absolute Gasteiger partial charge is 0.497 e. The zero-order chi connectivity index (χ0) is 18.4. The maximum Gasteiger partial charge on any atom is 0.263 e. The number of aromatic nitrogens is 3. The monoisotopic (exact) mass is 381 g/mol. The molecule has 0 atom stereocenters. The van der Waals surface area contributed by atoms with E-state index >= 15 is 0 Å². The van der Waals surface area contributed by atoms with Gasteiger partial charge in [0.1, 0.15) is 10.6 Å². The molecule has 3 rings (SSSR count). The first-order valence-corrected chi connectivity index (χ1v) is 9.63. The lowest BCUT2D eigenvalue weighted by Crippen LogP contribution is -1.96. The van der Waals surface area contributed by atoms with E-state index in [0.717, 1.165) is 0 Å². The molecule has 7 nitrogen and oxygen atoms in total. The summed E-state index contributed by atoms with van der Waals surface area (Å²) in [4.78, 5) is -0.0147. The fourth-order valence-corrected chi connectivity index (χ4v) is 4.18. The van der Waals surface area contributed by atoms with Gasteiger partial charge in [-0.1, -0.05) is 0 Å². The SMILES string of the molecule is COc1ccc(-c2nnc(-c3c(S(=O)(=O)Cl)c(C)n(C)c3C)o2)cc1. The quantitative estimate of drug-likeness (QED) is 0.644. The van der Waals surface area contributed by atoms with Crippen LogP contribution in [-0.2, 0) is 16.1 Å². The van der Waals surface area contributed by atoms with Crippen LogP contribution in [0.4, 0.5) is 0 Å². The number of rotatable bonds is 4. The van der Waals surface area contributed by atoms with Gasteiger partial charge in [-0.15, -0.1) is 10.2 Å². The van der Waals surface area contributed by atoms with E-state index in [0.29, 0.717) is 28.3 Å². The van der Waals surface area contributed by atoms with Crippen LogP contribution in [0.25, 0.3) is 22.9 Å². The lowest BCUT2D eigenvalue weighted by Gasteiger charge is -2.00. The van der Waals surface area contributed by atoms with Crippen LogP contribution >= 0.6 is 10.7 Å². The topological polar surface area (TPSA) is 87.2 Å². The highest BCUT2D eigenvalue weighted by Gasteiger charge is 2.29. The number of hydrogen-bond acceptors (Lipinski definition) is 6. The second-order valence-corrected chi connectivity index (χ2v) is 8.02. The molecule has 9 heteroatoms. The van der Waals surface area contributed by atoms with Crippen molar-refractivity contribution in [3.8, 4) is 28.7 Å². The maximum absolute atomic E-state index is 12.0. The molecule has 0 amide bonds. The van der Waals surface area contributed by atoms with E-state index in [4.69, 9.17) is 19.8 Å². The third kappa shape index (κ3) is 3.03. The maximum atomic E-state index is 12.0. The predicted octanol–water partition coefficient (Wildman–Crippen LogP) is 3.30. The van der Waals surface area contributed by atoms with Gasteiger partial charge in [0.15, 0.2) is 0 Å². The Balaban J connectivity index is 2.13. The number of halogens is 1. The van der Waals surface area contributed by atoms with Gasteiger partial charge in [0.25, 0.3) is 14.9 Å². The van der Waals surface area contributed by atoms with Crippen LogP contribution in [0.2, 0.25) is 0 Å². The molecular formula is C16H16ClN3O4S. The first kappa shape index (κ1) is 17.5. The van der Waals surface area contributed by atoms with Crippen LogP contribution in [-0.4, -0.2) is 30.3 Å². The molecule has 0 aliphatic heterocycles. The number of hydrogen-bond donors (Lipinski definition) is 0. The molecule has 0 unspecified atom stereocenters. The molecule has 0 spiro atoms. The fraction of sp³-hybridized carbons (Fsp3) is 0.250. The molecule has 0 aliphatic carbocycles. The summed E-state index contributed by atoms with van der Waals surface area (Å²) >= 11 is 0. The Hall–Kier alpha value is -2.32. The van der Waals surface area contributed by atoms with E-state index in [1.165, 1.54) is 0 Å². The molecule has 25 heavy (non-hydrogen) atoms. The summed E-state index contributed by atoms with van der Waals surface area (Å²) in [7, 11) is 4.97. The van der Waals surface area contributed by atoms with Crippen molar-refractivity contribution in [3.63, 3.8) is 0 Å². The van der Waals surface area contributed by atoms with Gasteiger partial charge in [-0.05, 0) is 38.1 Å². The Morgan fingerprint density at radius 3 is 2.24 bits per heavy atom. The highest BCUT2D eigenvalue weighted by molar-refractivity contribution is 8.13. The van der Waals surface area contributed by atoms with Crippen LogP contribution in [0.1, 0.15) is 11.4 Å². The van der Waals surface area contributed by atoms with Crippen molar-refractivity contribution in [2.75, 3.05) is 7.11 Å². The molecule has 2 aromatic heterocycles. The van der Waals surface area contributed by atoms with E-state index in [9.17, 15) is 8.42 Å². The average molecular weight is 382 g/mol. The molecule has 3 aromatic rings. The Morgan fingerprint density at radius 1 is 1.08 bits per heavy atom. The van der Waals surface area contributed by atoms with Gasteiger partial charge in [-0.2, -0.15) is 0 Å². The molecule has 0 saturated carbocycles. The Labute approximate surface area is 149 Å². The second kappa shape index (κ2) is 6.20. The van der Waals surface area contributed by atoms with Gasteiger partial charge >= 0.3 is 0 Å². The van der Waals surface area contributed by atoms with Crippen LogP contribution < -0.4 is 4.74 Å². The van der Waals surface area contributed by atoms with Crippen molar-refractivity contribution in [2.45, 2.75) is 18.7 Å². The van der Waals surface area contributed by atoms with E-state index in [2.05, 4.69) is 10.2 Å². The van der Waals surface area contributed by atoms with E-state index in [-0.39, 0.29) is 16.7 Å². The number of ether oxygens (including phenoxy) is 1. The van der Waals surface area contributed by atoms with Crippen LogP contribution in [0.3, 0.4) is 0 Å². The minimum Gasteiger partial charge on any atom is -0.497 e. The second-order valence-electron chi connectivity index (χ2n) is 5.51. The van der Waals surface area contributed by atoms with Crippen molar-refractivity contribution in [1.29, 1.82) is 0 Å². The third-order valence-corrected chi connectivity index (χ3v) is 5.59. The summed E-state index contributed by atoms with van der Waals surface area (Å²) in [5.74, 6) is 1.08. The third-order valence-electron chi connectivity index (χ3n) is 4.14. The molecule has 0 bridgehead atoms. The molecule has 132 valence electrons. The summed E-state index contributed by atoms with van der Waals surface area (Å²) in [6, 6.07) is 7.09. The van der Waals surface area contributed by atoms with Gasteiger partial charge in [0.05, 0.1) is 12.7 Å². The van der Waals surface area contributed by atoms with Gasteiger partial charge < -0.3 is 13.7 Å². The highest BCUT2D eigenvalue weighted by atomic mass is 35.7. The van der Waals surface area contributed by atoms with Gasteiger partial charge in [-0.3, -0.25) is 0 Å². The van der Waals surface area contributed by atoms with Gasteiger partial charge in [-0.25, -0.2) is 8.42 Å². The summed E-state index contributed by atoms with van der Waals surface area (Å²) in [6.07, 6.45) is 0. The molecule has 0 radical (unpaired) electrons. The molecule has 1 aromatic carbocycles. The molecule has 0 N–H and O–H groups in total. The van der Waals surface area contributed by atoms with Crippen LogP contribution in [0.15, 0.2) is 33.6 Å². The minimum atomic E-state index is -3.97. The molecule has 2 heterocycles. The van der Waals surface area contributed by atoms with Gasteiger partial charge in [0.2, 0.25) is 5.89 Å². The Kier molecular flexibility index (Phi) is 4.34. The van der Waals surface area contributed by atoms with Crippen molar-refractivity contribution in [2.24, 2.45) is 7.05 Å². The van der Waals surface area contributed by atoms with E-state index in [1.807, 2.05) is 0 Å². The molecule has 0 aliphatic rings. The first-order chi connectivity index (χ1) is 11.7. The summed E-state index contributed by atoms with van der Waals surface area (Å²) < 4.78 is 36.6. The molecule has 0 saturated heterocycles. The average Bonchev–Trinajstić information content (AvgIpc) is 3.13. The molecule has 0 fully saturated rings. The Bertz CT molecular complexity index is 1040. The lowest BCUT2D eigenvalue weighted by molar-refractivity contribution is 0.415. The smallest absolute Gasteiger partial charge is 0.263 e. The number of nitrogens with zero attached hydrogens (tertiary/aromatic N) is 3. The molecular weight excluding hydrogens is 366 g/mol. The highest BCUT2D eigenvalue weighted by Crippen LogP contribution is 2.37. The van der Waals surface area contributed by atoms with Crippen LogP contribution in [0.5, 0.6) is 5.75 Å². The standard InChI is InChI=1S/C16H16ClN3O4S/c1-9-13(14(25(17,21)22)10(2)20(9)3)16-19-18-15(24-16)11-5-7-12(23-4)8-6-11/h5-8H,1-4H3. The number of benzene rings is 1. The van der Waals surface area contributed by atoms with Gasteiger partial charge in [0, 0.05) is 34.7 Å². The zero-order valence-electron chi connectivity index (χ0n) is 14.1. The summed E-state index contributed by atoms with van der Waals surface area (Å²) in [5.41, 5.74) is 2.19. The van der Waals surface area contributed by atoms with Crippen molar-refractivity contribution < 1.29 is 17.6 Å². The van der Waals surface area contributed by atoms with E-state index in [1.54, 1.807) is 56.8 Å². The number of methoxy groups -OCH3 is 1. The van der Waals surface area contributed by atoms with Crippen molar-refractivity contribution >= 4 is 19.7 Å². The van der Waals surface area contributed by atoms with Crippen molar-refractivity contribution in [3.05, 3.63) is 35.7 Å². The van der Waals surface area contributed by atoms with E-state index < -0.39 is 9.05 Å². The Morgan fingerprint density at radius 2 is 1.68 bits per heavy atom. The normalized spacial score (nSPS) is 11.7.